The lowest BCUT2D eigenvalue weighted by Crippen LogP contribution is -2.30. The Hall–Kier alpha value is -2.26. The average Bonchev–Trinajstić information content (AvgIpc) is 2.58. The van der Waals surface area contributed by atoms with Crippen LogP contribution in [0.15, 0.2) is 47.6 Å². The molecule has 0 saturated carbocycles. The van der Waals surface area contributed by atoms with E-state index < -0.39 is 15.5 Å². The SMILES string of the molecule is CCC(=NOc1ccccc1C)c1cc(Cl)ccc1NS(=O)(=O)C(F)(F)F. The first-order valence-corrected chi connectivity index (χ1v) is 9.59. The zero-order chi connectivity index (χ0) is 20.2. The predicted molar refractivity (Wildman–Crippen MR) is 98.7 cm³/mol. The van der Waals surface area contributed by atoms with E-state index in [1.54, 1.807) is 32.0 Å². The molecule has 0 radical (unpaired) electrons. The maximum absolute atomic E-state index is 12.7. The van der Waals surface area contributed by atoms with Crippen LogP contribution >= 0.6 is 11.6 Å². The number of alkyl halides is 3. The molecule has 0 aliphatic heterocycles. The smallest absolute Gasteiger partial charge is 0.356 e. The molecule has 0 spiro atoms. The Labute approximate surface area is 159 Å². The molecule has 27 heavy (non-hydrogen) atoms. The number of hydrogen-bond acceptors (Lipinski definition) is 4. The molecule has 0 aromatic heterocycles. The van der Waals surface area contributed by atoms with E-state index in [2.05, 4.69) is 5.16 Å². The minimum Gasteiger partial charge on any atom is -0.356 e. The average molecular weight is 421 g/mol. The lowest BCUT2D eigenvalue weighted by atomic mass is 10.1. The monoisotopic (exact) mass is 420 g/mol. The highest BCUT2D eigenvalue weighted by molar-refractivity contribution is 7.93. The second kappa shape index (κ2) is 8.18. The highest BCUT2D eigenvalue weighted by Crippen LogP contribution is 2.29. The van der Waals surface area contributed by atoms with Gasteiger partial charge in [0.25, 0.3) is 0 Å². The van der Waals surface area contributed by atoms with Crippen LogP contribution in [-0.4, -0.2) is 19.6 Å². The fourth-order valence-electron chi connectivity index (χ4n) is 2.11. The van der Waals surface area contributed by atoms with Gasteiger partial charge in [0, 0.05) is 10.6 Å². The number of oxime groups is 1. The predicted octanol–water partition coefficient (Wildman–Crippen LogP) is 5.10. The lowest BCUT2D eigenvalue weighted by Gasteiger charge is -2.15. The van der Waals surface area contributed by atoms with Crippen LogP contribution in [0.2, 0.25) is 5.02 Å². The summed E-state index contributed by atoms with van der Waals surface area (Å²) >= 11 is 5.93. The molecule has 0 saturated heterocycles. The first kappa shape index (κ1) is 21.0. The molecule has 2 aromatic carbocycles. The molecule has 0 amide bonds. The van der Waals surface area contributed by atoms with Crippen LogP contribution in [0.25, 0.3) is 0 Å². The van der Waals surface area contributed by atoms with Gasteiger partial charge in [0.2, 0.25) is 0 Å². The van der Waals surface area contributed by atoms with Crippen molar-refractivity contribution in [3.63, 3.8) is 0 Å². The van der Waals surface area contributed by atoms with Gasteiger partial charge >= 0.3 is 15.5 Å². The van der Waals surface area contributed by atoms with Crippen molar-refractivity contribution in [3.8, 4) is 5.75 Å². The van der Waals surface area contributed by atoms with Crippen LogP contribution in [0.4, 0.5) is 18.9 Å². The highest BCUT2D eigenvalue weighted by atomic mass is 35.5. The van der Waals surface area contributed by atoms with E-state index in [0.29, 0.717) is 5.75 Å². The van der Waals surface area contributed by atoms with Crippen LogP contribution in [-0.2, 0) is 10.0 Å². The Bertz CT molecular complexity index is 960. The van der Waals surface area contributed by atoms with E-state index in [1.807, 2.05) is 6.07 Å². The molecule has 0 bridgehead atoms. The van der Waals surface area contributed by atoms with E-state index >= 15 is 0 Å². The Morgan fingerprint density at radius 3 is 2.48 bits per heavy atom. The number of hydrogen-bond donors (Lipinski definition) is 1. The molecule has 2 rings (SSSR count). The summed E-state index contributed by atoms with van der Waals surface area (Å²) in [5.74, 6) is 0.461. The second-order valence-corrected chi connectivity index (χ2v) is 7.60. The molecule has 0 heterocycles. The number of aryl methyl sites for hydroxylation is 1. The summed E-state index contributed by atoms with van der Waals surface area (Å²) in [6, 6.07) is 10.8. The van der Waals surface area contributed by atoms with Gasteiger partial charge in [0.15, 0.2) is 5.75 Å². The summed E-state index contributed by atoms with van der Waals surface area (Å²) in [7, 11) is -5.59. The number of anilines is 1. The molecule has 5 nitrogen and oxygen atoms in total. The van der Waals surface area contributed by atoms with E-state index in [9.17, 15) is 21.6 Å². The minimum atomic E-state index is -5.59. The first-order valence-electron chi connectivity index (χ1n) is 7.73. The first-order chi connectivity index (χ1) is 12.5. The van der Waals surface area contributed by atoms with Crippen LogP contribution in [0.3, 0.4) is 0 Å². The number of para-hydroxylation sites is 1. The molecule has 0 unspecified atom stereocenters. The van der Waals surface area contributed by atoms with E-state index in [0.717, 1.165) is 11.6 Å². The van der Waals surface area contributed by atoms with Crippen molar-refractivity contribution in [2.24, 2.45) is 5.16 Å². The summed E-state index contributed by atoms with van der Waals surface area (Å²) in [5, 5.41) is 4.18. The summed E-state index contributed by atoms with van der Waals surface area (Å²) in [4.78, 5) is 5.38. The van der Waals surface area contributed by atoms with Crippen molar-refractivity contribution < 1.29 is 26.4 Å². The number of nitrogens with one attached hydrogen (secondary N) is 1. The maximum atomic E-state index is 12.7. The second-order valence-electron chi connectivity index (χ2n) is 5.49. The molecule has 0 aliphatic carbocycles. The highest BCUT2D eigenvalue weighted by Gasteiger charge is 2.46. The summed E-state index contributed by atoms with van der Waals surface area (Å²) < 4.78 is 62.5. The third-order valence-electron chi connectivity index (χ3n) is 3.52. The van der Waals surface area contributed by atoms with Gasteiger partial charge in [-0.2, -0.15) is 21.6 Å². The Morgan fingerprint density at radius 2 is 1.89 bits per heavy atom. The standard InChI is InChI=1S/C17H16ClF3N2O3S/c1-3-14(22-26-16-7-5-4-6-11(16)2)13-10-12(18)8-9-15(13)23-27(24,25)17(19,20)21/h4-10,23H,3H2,1-2H3. The van der Waals surface area contributed by atoms with Crippen molar-refractivity contribution in [3.05, 3.63) is 58.6 Å². The van der Waals surface area contributed by atoms with Gasteiger partial charge < -0.3 is 4.84 Å². The molecule has 1 N–H and O–H groups in total. The van der Waals surface area contributed by atoms with E-state index in [4.69, 9.17) is 16.4 Å². The van der Waals surface area contributed by atoms with Crippen molar-refractivity contribution >= 4 is 33.0 Å². The fraction of sp³-hybridized carbons (Fsp3) is 0.235. The summed E-state index contributed by atoms with van der Waals surface area (Å²) in [6.07, 6.45) is 0.257. The number of nitrogens with zero attached hydrogens (tertiary/aromatic N) is 1. The van der Waals surface area contributed by atoms with Crippen molar-refractivity contribution in [1.82, 2.24) is 0 Å². The molecular formula is C17H16ClF3N2O3S. The third kappa shape index (κ3) is 5.14. The third-order valence-corrected chi connectivity index (χ3v) is 4.86. The number of benzene rings is 2. The van der Waals surface area contributed by atoms with Gasteiger partial charge in [0.05, 0.1) is 11.4 Å². The van der Waals surface area contributed by atoms with Crippen molar-refractivity contribution in [1.29, 1.82) is 0 Å². The van der Waals surface area contributed by atoms with Gasteiger partial charge in [-0.05, 0) is 43.2 Å². The zero-order valence-electron chi connectivity index (χ0n) is 14.3. The molecule has 146 valence electrons. The molecule has 0 aliphatic rings. The summed E-state index contributed by atoms with van der Waals surface area (Å²) in [5.41, 5.74) is -4.64. The van der Waals surface area contributed by atoms with E-state index in [-0.39, 0.29) is 28.4 Å². The van der Waals surface area contributed by atoms with Crippen molar-refractivity contribution in [2.45, 2.75) is 25.8 Å². The van der Waals surface area contributed by atoms with E-state index in [1.165, 1.54) is 16.9 Å². The fourth-order valence-corrected chi connectivity index (χ4v) is 2.87. The number of rotatable bonds is 6. The number of sulfonamides is 1. The molecular weight excluding hydrogens is 405 g/mol. The van der Waals surface area contributed by atoms with Gasteiger partial charge in [0.1, 0.15) is 0 Å². The Balaban J connectivity index is 2.44. The molecule has 2 aromatic rings. The van der Waals surface area contributed by atoms with Crippen molar-refractivity contribution in [2.75, 3.05) is 4.72 Å². The largest absolute Gasteiger partial charge is 0.516 e. The van der Waals surface area contributed by atoms with Crippen LogP contribution in [0.1, 0.15) is 24.5 Å². The Kier molecular flexibility index (Phi) is 6.38. The van der Waals surface area contributed by atoms with Crippen LogP contribution in [0, 0.1) is 6.92 Å². The summed E-state index contributed by atoms with van der Waals surface area (Å²) in [6.45, 7) is 3.50. The normalized spacial score (nSPS) is 12.7. The topological polar surface area (TPSA) is 67.8 Å². The molecule has 10 heteroatoms. The zero-order valence-corrected chi connectivity index (χ0v) is 15.9. The molecule has 0 fully saturated rings. The van der Waals surface area contributed by atoms with Gasteiger partial charge in [-0.25, -0.2) is 0 Å². The number of halogens is 4. The molecule has 0 atom stereocenters. The maximum Gasteiger partial charge on any atom is 0.516 e. The lowest BCUT2D eigenvalue weighted by molar-refractivity contribution is -0.0429. The van der Waals surface area contributed by atoms with Crippen LogP contribution < -0.4 is 9.56 Å². The van der Waals surface area contributed by atoms with Gasteiger partial charge in [-0.15, -0.1) is 0 Å². The quantitative estimate of drug-likeness (QED) is 0.522. The van der Waals surface area contributed by atoms with Gasteiger partial charge in [-0.1, -0.05) is 41.9 Å². The van der Waals surface area contributed by atoms with Gasteiger partial charge in [-0.3, -0.25) is 4.72 Å². The Morgan fingerprint density at radius 1 is 1.22 bits per heavy atom. The van der Waals surface area contributed by atoms with Crippen LogP contribution in [0.5, 0.6) is 5.75 Å². The minimum absolute atomic E-state index is 0.0893.